The predicted octanol–water partition coefficient (Wildman–Crippen LogP) is 2.53. The van der Waals surface area contributed by atoms with Crippen molar-refractivity contribution in [1.29, 1.82) is 0 Å². The molecule has 0 bridgehead atoms. The Morgan fingerprint density at radius 3 is 2.71 bits per heavy atom. The lowest BCUT2D eigenvalue weighted by atomic mass is 10.00. The number of aromatic nitrogens is 3. The summed E-state index contributed by atoms with van der Waals surface area (Å²) in [7, 11) is 0. The fraction of sp³-hybridized carbons (Fsp3) is 0.846. The molecule has 1 atom stereocenters. The lowest BCUT2D eigenvalue weighted by molar-refractivity contribution is 0.369. The van der Waals surface area contributed by atoms with Gasteiger partial charge in [-0.25, -0.2) is 9.67 Å². The molecule has 1 saturated carbocycles. The highest BCUT2D eigenvalue weighted by Crippen LogP contribution is 2.27. The van der Waals surface area contributed by atoms with Gasteiger partial charge in [-0.3, -0.25) is 0 Å². The van der Waals surface area contributed by atoms with Crippen molar-refractivity contribution in [2.75, 3.05) is 0 Å². The second-order valence-corrected chi connectivity index (χ2v) is 5.43. The summed E-state index contributed by atoms with van der Waals surface area (Å²) in [6, 6.07) is 0.978. The molecule has 1 N–H and O–H groups in total. The molecule has 1 fully saturated rings. The third-order valence-corrected chi connectivity index (χ3v) is 3.83. The molecule has 0 radical (unpaired) electrons. The van der Waals surface area contributed by atoms with Crippen molar-refractivity contribution in [3.8, 4) is 0 Å². The maximum Gasteiger partial charge on any atom is 0.141 e. The summed E-state index contributed by atoms with van der Waals surface area (Å²) in [6.07, 6.45) is 7.21. The Balaban J connectivity index is 1.86. The zero-order valence-corrected chi connectivity index (χ0v) is 11.2. The van der Waals surface area contributed by atoms with E-state index in [4.69, 9.17) is 0 Å². The number of nitrogens with zero attached hydrogens (tertiary/aromatic N) is 3. The molecular weight excluding hydrogens is 212 g/mol. The highest BCUT2D eigenvalue weighted by atomic mass is 15.4. The van der Waals surface area contributed by atoms with Gasteiger partial charge >= 0.3 is 0 Å². The first-order valence-electron chi connectivity index (χ1n) is 6.80. The van der Waals surface area contributed by atoms with Gasteiger partial charge in [-0.05, 0) is 39.5 Å². The number of nitrogens with one attached hydrogen (secondary N) is 1. The van der Waals surface area contributed by atoms with Crippen LogP contribution in [0.5, 0.6) is 0 Å². The molecule has 0 amide bonds. The summed E-state index contributed by atoms with van der Waals surface area (Å²) >= 11 is 0. The van der Waals surface area contributed by atoms with Gasteiger partial charge in [0.1, 0.15) is 12.2 Å². The molecular formula is C13H24N4. The Bertz CT molecular complexity index is 339. The molecule has 1 aliphatic rings. The van der Waals surface area contributed by atoms with Crippen LogP contribution in [0.2, 0.25) is 0 Å². The van der Waals surface area contributed by atoms with Crippen LogP contribution in [0.25, 0.3) is 0 Å². The third-order valence-electron chi connectivity index (χ3n) is 3.83. The quantitative estimate of drug-likeness (QED) is 0.854. The number of rotatable bonds is 5. The van der Waals surface area contributed by atoms with Crippen LogP contribution < -0.4 is 5.32 Å². The topological polar surface area (TPSA) is 42.7 Å². The smallest absolute Gasteiger partial charge is 0.141 e. The summed E-state index contributed by atoms with van der Waals surface area (Å²) < 4.78 is 1.99. The molecule has 1 aromatic heterocycles. The molecule has 4 nitrogen and oxygen atoms in total. The van der Waals surface area contributed by atoms with E-state index in [9.17, 15) is 0 Å². The van der Waals surface area contributed by atoms with E-state index in [1.54, 1.807) is 6.33 Å². The molecule has 1 aliphatic carbocycles. The largest absolute Gasteiger partial charge is 0.307 e. The summed E-state index contributed by atoms with van der Waals surface area (Å²) in [5, 5.41) is 7.86. The van der Waals surface area contributed by atoms with Crippen molar-refractivity contribution < 1.29 is 0 Å². The molecule has 1 aromatic rings. The minimum atomic E-state index is 0.385. The molecule has 1 heterocycles. The zero-order chi connectivity index (χ0) is 12.3. The van der Waals surface area contributed by atoms with Crippen LogP contribution in [0.15, 0.2) is 6.33 Å². The monoisotopic (exact) mass is 236 g/mol. The van der Waals surface area contributed by atoms with Crippen molar-refractivity contribution in [2.45, 2.75) is 65.1 Å². The number of hydrogen-bond donors (Lipinski definition) is 1. The van der Waals surface area contributed by atoms with E-state index in [-0.39, 0.29) is 0 Å². The summed E-state index contributed by atoms with van der Waals surface area (Å²) in [5.74, 6) is 1.90. The molecule has 4 heteroatoms. The van der Waals surface area contributed by atoms with Gasteiger partial charge in [0, 0.05) is 12.1 Å². The fourth-order valence-electron chi connectivity index (χ4n) is 2.71. The normalized spacial score (nSPS) is 19.1. The van der Waals surface area contributed by atoms with E-state index in [0.717, 1.165) is 18.3 Å². The third kappa shape index (κ3) is 3.06. The van der Waals surface area contributed by atoms with Crippen LogP contribution in [-0.4, -0.2) is 20.8 Å². The van der Waals surface area contributed by atoms with Gasteiger partial charge in [0.15, 0.2) is 0 Å². The first-order chi connectivity index (χ1) is 8.18. The highest BCUT2D eigenvalue weighted by molar-refractivity contribution is 4.87. The maximum absolute atomic E-state index is 4.33. The van der Waals surface area contributed by atoms with Crippen molar-refractivity contribution >= 4 is 0 Å². The van der Waals surface area contributed by atoms with Crippen LogP contribution >= 0.6 is 0 Å². The molecule has 0 spiro atoms. The minimum absolute atomic E-state index is 0.385. The molecule has 0 aromatic carbocycles. The molecule has 96 valence electrons. The van der Waals surface area contributed by atoms with Gasteiger partial charge in [-0.15, -0.1) is 0 Å². The lowest BCUT2D eigenvalue weighted by Gasteiger charge is -2.20. The standard InChI is InChI=1S/C13H24N4/c1-10(2)17-13(15-9-16-17)8-14-11(3)12-6-4-5-7-12/h9-12,14H,4-8H2,1-3H3. The van der Waals surface area contributed by atoms with Crippen molar-refractivity contribution in [1.82, 2.24) is 20.1 Å². The average Bonchev–Trinajstić information content (AvgIpc) is 2.96. The van der Waals surface area contributed by atoms with Crippen LogP contribution in [0.4, 0.5) is 0 Å². The van der Waals surface area contributed by atoms with Crippen LogP contribution in [0.3, 0.4) is 0 Å². The predicted molar refractivity (Wildman–Crippen MR) is 68.7 cm³/mol. The van der Waals surface area contributed by atoms with Gasteiger partial charge in [-0.1, -0.05) is 12.8 Å². The zero-order valence-electron chi connectivity index (χ0n) is 11.2. The first-order valence-corrected chi connectivity index (χ1v) is 6.80. The van der Waals surface area contributed by atoms with Crippen LogP contribution in [-0.2, 0) is 6.54 Å². The Kier molecular flexibility index (Phi) is 4.15. The van der Waals surface area contributed by atoms with Gasteiger partial charge in [0.05, 0.1) is 6.54 Å². The van der Waals surface area contributed by atoms with Crippen molar-refractivity contribution in [3.05, 3.63) is 12.2 Å². The molecule has 17 heavy (non-hydrogen) atoms. The molecule has 1 unspecified atom stereocenters. The molecule has 2 rings (SSSR count). The van der Waals surface area contributed by atoms with Crippen LogP contribution in [0, 0.1) is 5.92 Å². The summed E-state index contributed by atoms with van der Waals surface area (Å²) in [4.78, 5) is 4.33. The van der Waals surface area contributed by atoms with Gasteiger partial charge in [0.25, 0.3) is 0 Å². The first kappa shape index (κ1) is 12.6. The summed E-state index contributed by atoms with van der Waals surface area (Å²) in [5.41, 5.74) is 0. The summed E-state index contributed by atoms with van der Waals surface area (Å²) in [6.45, 7) is 7.40. The Morgan fingerprint density at radius 2 is 2.06 bits per heavy atom. The van der Waals surface area contributed by atoms with Gasteiger partial charge in [-0.2, -0.15) is 5.10 Å². The van der Waals surface area contributed by atoms with E-state index < -0.39 is 0 Å². The minimum Gasteiger partial charge on any atom is -0.307 e. The Labute approximate surface area is 104 Å². The average molecular weight is 236 g/mol. The second kappa shape index (κ2) is 5.63. The van der Waals surface area contributed by atoms with Gasteiger partial charge in [0.2, 0.25) is 0 Å². The van der Waals surface area contributed by atoms with E-state index in [1.165, 1.54) is 25.7 Å². The van der Waals surface area contributed by atoms with E-state index in [0.29, 0.717) is 12.1 Å². The van der Waals surface area contributed by atoms with E-state index in [2.05, 4.69) is 36.2 Å². The van der Waals surface area contributed by atoms with Gasteiger partial charge < -0.3 is 5.32 Å². The van der Waals surface area contributed by atoms with Crippen molar-refractivity contribution in [3.63, 3.8) is 0 Å². The van der Waals surface area contributed by atoms with E-state index in [1.807, 2.05) is 4.68 Å². The maximum atomic E-state index is 4.33. The number of hydrogen-bond acceptors (Lipinski definition) is 3. The van der Waals surface area contributed by atoms with Crippen molar-refractivity contribution in [2.24, 2.45) is 5.92 Å². The SMILES string of the molecule is CC(NCc1ncnn1C(C)C)C1CCCC1. The van der Waals surface area contributed by atoms with E-state index >= 15 is 0 Å². The molecule has 0 saturated heterocycles. The van der Waals surface area contributed by atoms with Crippen LogP contribution in [0.1, 0.15) is 58.3 Å². The highest BCUT2D eigenvalue weighted by Gasteiger charge is 2.21. The fourth-order valence-corrected chi connectivity index (χ4v) is 2.71. The second-order valence-electron chi connectivity index (χ2n) is 5.43. The Hall–Kier alpha value is -0.900. The molecule has 0 aliphatic heterocycles. The Morgan fingerprint density at radius 1 is 1.35 bits per heavy atom. The lowest BCUT2D eigenvalue weighted by Crippen LogP contribution is -2.32.